The van der Waals surface area contributed by atoms with Gasteiger partial charge in [-0.25, -0.2) is 8.42 Å². The summed E-state index contributed by atoms with van der Waals surface area (Å²) in [4.78, 5) is 3.99. The molecule has 0 spiro atoms. The molecule has 1 N–H and O–H groups in total. The molecule has 18 heavy (non-hydrogen) atoms. The van der Waals surface area contributed by atoms with Crippen molar-refractivity contribution in [3.8, 4) is 0 Å². The largest absolute Gasteiger partial charge is 0.392 e. The summed E-state index contributed by atoms with van der Waals surface area (Å²) in [6.07, 6.45) is 5.34. The molecule has 1 aromatic rings. The quantitative estimate of drug-likeness (QED) is 0.849. The molecule has 1 atom stereocenters. The van der Waals surface area contributed by atoms with Crippen molar-refractivity contribution >= 4 is 9.84 Å². The molecule has 1 aromatic heterocycles. The topological polar surface area (TPSA) is 93.3 Å². The molecule has 6 nitrogen and oxygen atoms in total. The van der Waals surface area contributed by atoms with Crippen molar-refractivity contribution in [2.45, 2.75) is 44.0 Å². The maximum Gasteiger partial charge on any atom is 0.229 e. The van der Waals surface area contributed by atoms with Crippen molar-refractivity contribution in [1.29, 1.82) is 0 Å². The van der Waals surface area contributed by atoms with E-state index >= 15 is 0 Å². The van der Waals surface area contributed by atoms with E-state index in [1.54, 1.807) is 0 Å². The van der Waals surface area contributed by atoms with Gasteiger partial charge in [-0.3, -0.25) is 0 Å². The van der Waals surface area contributed by atoms with Crippen LogP contribution in [-0.2, 0) is 22.0 Å². The summed E-state index contributed by atoms with van der Waals surface area (Å²) < 4.78 is 27.1. The Bertz CT molecular complexity index is 491. The van der Waals surface area contributed by atoms with E-state index in [9.17, 15) is 13.5 Å². The first-order valence-corrected chi connectivity index (χ1v) is 8.17. The standard InChI is InChI=1S/C11H18N2O4S/c1-18(15,16)7-10-12-11(17-13-10)6-9(14)8-4-2-3-5-8/h8-9,14H,2-7H2,1H3. The van der Waals surface area contributed by atoms with E-state index in [0.29, 0.717) is 18.2 Å². The predicted octanol–water partition coefficient (Wildman–Crippen LogP) is 0.708. The molecule has 0 saturated heterocycles. The van der Waals surface area contributed by atoms with Gasteiger partial charge in [-0.2, -0.15) is 4.98 Å². The minimum absolute atomic E-state index is 0.158. The number of sulfone groups is 1. The number of aliphatic hydroxyl groups excluding tert-OH is 1. The van der Waals surface area contributed by atoms with Crippen molar-refractivity contribution in [2.75, 3.05) is 6.26 Å². The second kappa shape index (κ2) is 5.36. The lowest BCUT2D eigenvalue weighted by molar-refractivity contribution is 0.102. The SMILES string of the molecule is CS(=O)(=O)Cc1noc(CC(O)C2CCCC2)n1. The summed E-state index contributed by atoms with van der Waals surface area (Å²) in [7, 11) is -3.16. The van der Waals surface area contributed by atoms with E-state index in [2.05, 4.69) is 10.1 Å². The lowest BCUT2D eigenvalue weighted by atomic mass is 9.98. The average Bonchev–Trinajstić information content (AvgIpc) is 2.86. The van der Waals surface area contributed by atoms with Gasteiger partial charge in [-0.05, 0) is 18.8 Å². The maximum atomic E-state index is 11.1. The van der Waals surface area contributed by atoms with Gasteiger partial charge in [0.15, 0.2) is 15.7 Å². The molecular weight excluding hydrogens is 256 g/mol. The number of aliphatic hydroxyl groups is 1. The second-order valence-corrected chi connectivity index (χ2v) is 7.13. The summed E-state index contributed by atoms with van der Waals surface area (Å²) >= 11 is 0. The molecule has 2 rings (SSSR count). The van der Waals surface area contributed by atoms with Crippen molar-refractivity contribution in [1.82, 2.24) is 10.1 Å². The molecule has 102 valence electrons. The first kappa shape index (κ1) is 13.5. The van der Waals surface area contributed by atoms with Crippen molar-refractivity contribution in [3.63, 3.8) is 0 Å². The van der Waals surface area contributed by atoms with Gasteiger partial charge in [0.05, 0.1) is 12.5 Å². The van der Waals surface area contributed by atoms with E-state index in [-0.39, 0.29) is 11.6 Å². The highest BCUT2D eigenvalue weighted by atomic mass is 32.2. The Balaban J connectivity index is 1.93. The highest BCUT2D eigenvalue weighted by Crippen LogP contribution is 2.28. The van der Waals surface area contributed by atoms with Gasteiger partial charge in [0, 0.05) is 6.26 Å². The van der Waals surface area contributed by atoms with Crippen molar-refractivity contribution < 1.29 is 18.0 Å². The van der Waals surface area contributed by atoms with Gasteiger partial charge in [0.1, 0.15) is 5.75 Å². The Labute approximate surface area is 106 Å². The van der Waals surface area contributed by atoms with Gasteiger partial charge < -0.3 is 9.63 Å². The van der Waals surface area contributed by atoms with Crippen LogP contribution in [0, 0.1) is 5.92 Å². The van der Waals surface area contributed by atoms with Crippen LogP contribution in [0.5, 0.6) is 0 Å². The van der Waals surface area contributed by atoms with E-state index in [1.807, 2.05) is 0 Å². The van der Waals surface area contributed by atoms with Crippen molar-refractivity contribution in [2.24, 2.45) is 5.92 Å². The van der Waals surface area contributed by atoms with Crippen molar-refractivity contribution in [3.05, 3.63) is 11.7 Å². The average molecular weight is 274 g/mol. The molecule has 1 aliphatic rings. The Morgan fingerprint density at radius 1 is 1.44 bits per heavy atom. The fourth-order valence-corrected chi connectivity index (χ4v) is 2.94. The Kier molecular flexibility index (Phi) is 4.01. The molecule has 0 radical (unpaired) electrons. The third-order valence-electron chi connectivity index (χ3n) is 3.23. The lowest BCUT2D eigenvalue weighted by Crippen LogP contribution is -2.20. The molecule has 1 aliphatic carbocycles. The molecule has 1 heterocycles. The number of aromatic nitrogens is 2. The number of hydrogen-bond acceptors (Lipinski definition) is 6. The zero-order chi connectivity index (χ0) is 13.2. The fraction of sp³-hybridized carbons (Fsp3) is 0.818. The van der Waals surface area contributed by atoms with Gasteiger partial charge in [-0.15, -0.1) is 0 Å². The molecular formula is C11H18N2O4S. The number of nitrogens with zero attached hydrogens (tertiary/aromatic N) is 2. The van der Waals surface area contributed by atoms with E-state index in [0.717, 1.165) is 31.9 Å². The predicted molar refractivity (Wildman–Crippen MR) is 64.5 cm³/mol. The summed E-state index contributed by atoms with van der Waals surface area (Å²) in [5.74, 6) is 0.546. The van der Waals surface area contributed by atoms with E-state index < -0.39 is 15.9 Å². The normalized spacial score (nSPS) is 19.2. The van der Waals surface area contributed by atoms with Crippen LogP contribution in [0.15, 0.2) is 4.52 Å². The van der Waals surface area contributed by atoms with E-state index in [4.69, 9.17) is 4.52 Å². The summed E-state index contributed by atoms with van der Waals surface area (Å²) in [5, 5.41) is 13.6. The molecule has 1 saturated carbocycles. The third-order valence-corrected chi connectivity index (χ3v) is 4.01. The number of rotatable bonds is 5. The Hall–Kier alpha value is -0.950. The third kappa shape index (κ3) is 3.78. The van der Waals surface area contributed by atoms with Crippen LogP contribution in [0.3, 0.4) is 0 Å². The van der Waals surface area contributed by atoms with Gasteiger partial charge in [-0.1, -0.05) is 18.0 Å². The minimum Gasteiger partial charge on any atom is -0.392 e. The van der Waals surface area contributed by atoms with Crippen LogP contribution in [0.2, 0.25) is 0 Å². The van der Waals surface area contributed by atoms with Crippen LogP contribution in [-0.4, -0.2) is 36.0 Å². The molecule has 0 bridgehead atoms. The van der Waals surface area contributed by atoms with Gasteiger partial charge >= 0.3 is 0 Å². The van der Waals surface area contributed by atoms with Crippen LogP contribution in [0.1, 0.15) is 37.4 Å². The first-order chi connectivity index (χ1) is 8.44. The molecule has 1 fully saturated rings. The van der Waals surface area contributed by atoms with E-state index in [1.165, 1.54) is 0 Å². The maximum absolute atomic E-state index is 11.1. The summed E-state index contributed by atoms with van der Waals surface area (Å²) in [6, 6.07) is 0. The van der Waals surface area contributed by atoms with Crippen LogP contribution >= 0.6 is 0 Å². The monoisotopic (exact) mass is 274 g/mol. The molecule has 1 unspecified atom stereocenters. The minimum atomic E-state index is -3.16. The van der Waals surface area contributed by atoms with Gasteiger partial charge in [0.25, 0.3) is 0 Å². The number of hydrogen-bond donors (Lipinski definition) is 1. The van der Waals surface area contributed by atoms with Gasteiger partial charge in [0.2, 0.25) is 5.89 Å². The zero-order valence-corrected chi connectivity index (χ0v) is 11.2. The highest BCUT2D eigenvalue weighted by Gasteiger charge is 2.25. The summed E-state index contributed by atoms with van der Waals surface area (Å²) in [5.41, 5.74) is 0. The fourth-order valence-electron chi connectivity index (χ4n) is 2.35. The zero-order valence-electron chi connectivity index (χ0n) is 10.4. The summed E-state index contributed by atoms with van der Waals surface area (Å²) in [6.45, 7) is 0. The highest BCUT2D eigenvalue weighted by molar-refractivity contribution is 7.89. The first-order valence-electron chi connectivity index (χ1n) is 6.11. The lowest BCUT2D eigenvalue weighted by Gasteiger charge is -2.14. The smallest absolute Gasteiger partial charge is 0.229 e. The second-order valence-electron chi connectivity index (χ2n) is 4.99. The Morgan fingerprint density at radius 2 is 2.11 bits per heavy atom. The molecule has 0 aliphatic heterocycles. The van der Waals surface area contributed by atoms with Crippen LogP contribution in [0.25, 0.3) is 0 Å². The molecule has 0 aromatic carbocycles. The van der Waals surface area contributed by atoms with Crippen LogP contribution in [0.4, 0.5) is 0 Å². The van der Waals surface area contributed by atoms with Crippen LogP contribution < -0.4 is 0 Å². The molecule has 0 amide bonds. The Morgan fingerprint density at radius 3 is 2.72 bits per heavy atom. The molecule has 7 heteroatoms.